The van der Waals surface area contributed by atoms with Crippen LogP contribution in [-0.4, -0.2) is 23.4 Å². The lowest BCUT2D eigenvalue weighted by atomic mass is 9.72. The van der Waals surface area contributed by atoms with Crippen LogP contribution in [-0.2, 0) is 17.2 Å². The van der Waals surface area contributed by atoms with Crippen molar-refractivity contribution >= 4 is 33.6 Å². The van der Waals surface area contributed by atoms with Crippen molar-refractivity contribution in [3.8, 4) is 11.5 Å². The predicted molar refractivity (Wildman–Crippen MR) is 107 cm³/mol. The molecule has 0 saturated carbocycles. The number of methoxy groups -OCH3 is 1. The van der Waals surface area contributed by atoms with E-state index in [2.05, 4.69) is 0 Å². The smallest absolute Gasteiger partial charge is 0.340 e. The highest BCUT2D eigenvalue weighted by Crippen LogP contribution is 2.50. The maximum Gasteiger partial charge on any atom is 0.340 e. The van der Waals surface area contributed by atoms with Crippen LogP contribution in [0.3, 0.4) is 0 Å². The summed E-state index contributed by atoms with van der Waals surface area (Å²) in [5.74, 6) is 0.282. The van der Waals surface area contributed by atoms with Gasteiger partial charge >= 0.3 is 5.97 Å². The molecule has 5 nitrogen and oxygen atoms in total. The van der Waals surface area contributed by atoms with Gasteiger partial charge in [-0.3, -0.25) is 4.79 Å². The van der Waals surface area contributed by atoms with E-state index in [-0.39, 0.29) is 5.78 Å². The lowest BCUT2D eigenvalue weighted by Crippen LogP contribution is -2.33. The Labute approximate surface area is 161 Å². The molecule has 4 aromatic rings. The molecule has 0 radical (unpaired) electrons. The third kappa shape index (κ3) is 1.86. The molecule has 28 heavy (non-hydrogen) atoms. The van der Waals surface area contributed by atoms with Gasteiger partial charge in [0.15, 0.2) is 11.5 Å². The van der Waals surface area contributed by atoms with Gasteiger partial charge in [0.1, 0.15) is 5.58 Å². The van der Waals surface area contributed by atoms with Gasteiger partial charge in [-0.05, 0) is 26.0 Å². The molecule has 5 heteroatoms. The molecule has 2 heterocycles. The third-order valence-electron chi connectivity index (χ3n) is 5.85. The summed E-state index contributed by atoms with van der Waals surface area (Å²) in [6.45, 7) is 3.87. The Morgan fingerprint density at radius 2 is 1.79 bits per heavy atom. The number of ether oxygens (including phenoxy) is 1. The molecule has 0 fully saturated rings. The quantitative estimate of drug-likeness (QED) is 0.447. The van der Waals surface area contributed by atoms with Crippen molar-refractivity contribution in [2.45, 2.75) is 19.3 Å². The van der Waals surface area contributed by atoms with E-state index in [9.17, 15) is 9.59 Å². The Bertz CT molecular complexity index is 1320. The van der Waals surface area contributed by atoms with Crippen molar-refractivity contribution in [1.29, 1.82) is 0 Å². The van der Waals surface area contributed by atoms with E-state index in [0.717, 1.165) is 21.9 Å². The van der Waals surface area contributed by atoms with Crippen molar-refractivity contribution in [1.82, 2.24) is 4.57 Å². The van der Waals surface area contributed by atoms with E-state index in [1.54, 1.807) is 12.1 Å². The number of Topliss-reactive ketones (excluding diaryl/α,β-unsaturated/α-hetero) is 1. The highest BCUT2D eigenvalue weighted by Gasteiger charge is 2.45. The van der Waals surface area contributed by atoms with Crippen LogP contribution in [0.2, 0.25) is 0 Å². The molecule has 2 aromatic heterocycles. The summed E-state index contributed by atoms with van der Waals surface area (Å²) in [7, 11) is 3.21. The van der Waals surface area contributed by atoms with Gasteiger partial charge in [0.05, 0.1) is 34.9 Å². The van der Waals surface area contributed by atoms with Gasteiger partial charge in [0.2, 0.25) is 0 Å². The second-order valence-electron chi connectivity index (χ2n) is 7.73. The minimum atomic E-state index is -0.746. The summed E-state index contributed by atoms with van der Waals surface area (Å²) in [6, 6.07) is 13.1. The van der Waals surface area contributed by atoms with Crippen LogP contribution in [0.25, 0.3) is 33.3 Å². The summed E-state index contributed by atoms with van der Waals surface area (Å²) in [5, 5.41) is 1.68. The standard InChI is InChI=1S/C23H19NO4/c1-23(2)17-12-8-5-6-11-15(12)28-20(17)19-16(21(23)25)13-9-7-10-14(22(26)27-4)18(13)24(19)3/h5-11H,1-4H3. The number of carbonyl (C=O) groups is 2. The first kappa shape index (κ1) is 16.8. The molecule has 0 unspecified atom stereocenters. The molecule has 0 aliphatic heterocycles. The maximum absolute atomic E-state index is 13.6. The van der Waals surface area contributed by atoms with Crippen molar-refractivity contribution in [3.63, 3.8) is 0 Å². The fourth-order valence-corrected chi connectivity index (χ4v) is 4.54. The van der Waals surface area contributed by atoms with Crippen molar-refractivity contribution < 1.29 is 18.7 Å². The molecule has 2 aromatic carbocycles. The molecule has 0 bridgehead atoms. The number of nitrogens with zero attached hydrogens (tertiary/aromatic N) is 1. The molecule has 0 amide bonds. The molecule has 0 saturated heterocycles. The maximum atomic E-state index is 13.6. The fourth-order valence-electron chi connectivity index (χ4n) is 4.54. The van der Waals surface area contributed by atoms with Gasteiger partial charge in [-0.2, -0.15) is 0 Å². The normalized spacial score (nSPS) is 14.9. The first-order valence-corrected chi connectivity index (χ1v) is 9.14. The largest absolute Gasteiger partial charge is 0.465 e. The van der Waals surface area contributed by atoms with Crippen LogP contribution in [0.1, 0.15) is 40.1 Å². The highest BCUT2D eigenvalue weighted by atomic mass is 16.5. The monoisotopic (exact) mass is 373 g/mol. The van der Waals surface area contributed by atoms with Gasteiger partial charge in [0.25, 0.3) is 0 Å². The Morgan fingerprint density at radius 3 is 2.54 bits per heavy atom. The summed E-state index contributed by atoms with van der Waals surface area (Å²) in [6.07, 6.45) is 0. The number of esters is 1. The molecule has 140 valence electrons. The van der Waals surface area contributed by atoms with Gasteiger partial charge in [-0.25, -0.2) is 4.79 Å². The zero-order chi connectivity index (χ0) is 19.8. The van der Waals surface area contributed by atoms with Crippen LogP contribution in [0.15, 0.2) is 46.9 Å². The van der Waals surface area contributed by atoms with E-state index in [0.29, 0.717) is 28.1 Å². The minimum absolute atomic E-state index is 0.0224. The molecule has 0 atom stereocenters. The van der Waals surface area contributed by atoms with Crippen LogP contribution in [0.5, 0.6) is 0 Å². The second kappa shape index (κ2) is 5.35. The van der Waals surface area contributed by atoms with Crippen molar-refractivity contribution in [2.24, 2.45) is 7.05 Å². The Morgan fingerprint density at radius 1 is 1.07 bits per heavy atom. The predicted octanol–water partition coefficient (Wildman–Crippen LogP) is 4.85. The number of carbonyl (C=O) groups excluding carboxylic acids is 2. The number of hydrogen-bond donors (Lipinski definition) is 0. The van der Waals surface area contributed by atoms with Gasteiger partial charge < -0.3 is 13.7 Å². The molecular formula is C23H19NO4. The van der Waals surface area contributed by atoms with E-state index < -0.39 is 11.4 Å². The highest BCUT2D eigenvalue weighted by molar-refractivity contribution is 6.23. The number of furan rings is 1. The van der Waals surface area contributed by atoms with E-state index >= 15 is 0 Å². The number of fused-ring (bicyclic) bond motifs is 7. The number of aryl methyl sites for hydroxylation is 1. The van der Waals surface area contributed by atoms with Gasteiger partial charge in [-0.1, -0.05) is 30.3 Å². The lowest BCUT2D eigenvalue weighted by molar-refractivity contribution is 0.0602. The number of aromatic nitrogens is 1. The molecule has 0 spiro atoms. The zero-order valence-electron chi connectivity index (χ0n) is 16.1. The van der Waals surface area contributed by atoms with Gasteiger partial charge in [-0.15, -0.1) is 0 Å². The SMILES string of the molecule is COC(=O)c1cccc2c3c(n(C)c12)-c1oc2ccccc2c1C(C)(C)C3=O. The molecule has 1 aliphatic rings. The lowest BCUT2D eigenvalue weighted by Gasteiger charge is -2.28. The molecule has 1 aliphatic carbocycles. The minimum Gasteiger partial charge on any atom is -0.465 e. The van der Waals surface area contributed by atoms with E-state index in [1.165, 1.54) is 7.11 Å². The fraction of sp³-hybridized carbons (Fsp3) is 0.217. The Balaban J connectivity index is 1.99. The Hall–Kier alpha value is -3.34. The first-order chi connectivity index (χ1) is 13.4. The summed E-state index contributed by atoms with van der Waals surface area (Å²) in [5.41, 5.74) is 3.31. The summed E-state index contributed by atoms with van der Waals surface area (Å²) < 4.78 is 13.1. The molecular weight excluding hydrogens is 354 g/mol. The number of hydrogen-bond acceptors (Lipinski definition) is 4. The molecule has 5 rings (SSSR count). The second-order valence-corrected chi connectivity index (χ2v) is 7.73. The van der Waals surface area contributed by atoms with Crippen LogP contribution in [0.4, 0.5) is 0 Å². The molecule has 0 N–H and O–H groups in total. The summed E-state index contributed by atoms with van der Waals surface area (Å²) in [4.78, 5) is 26.0. The number of benzene rings is 2. The van der Waals surface area contributed by atoms with Gasteiger partial charge in [0, 0.05) is 23.4 Å². The van der Waals surface area contributed by atoms with E-state index in [4.69, 9.17) is 9.15 Å². The van der Waals surface area contributed by atoms with Crippen LogP contribution >= 0.6 is 0 Å². The number of ketones is 1. The third-order valence-corrected chi connectivity index (χ3v) is 5.85. The van der Waals surface area contributed by atoms with Crippen LogP contribution < -0.4 is 0 Å². The van der Waals surface area contributed by atoms with Crippen LogP contribution in [0, 0.1) is 0 Å². The topological polar surface area (TPSA) is 61.4 Å². The first-order valence-electron chi connectivity index (χ1n) is 9.14. The van der Waals surface area contributed by atoms with Crippen molar-refractivity contribution in [3.05, 3.63) is 59.2 Å². The summed E-state index contributed by atoms with van der Waals surface area (Å²) >= 11 is 0. The van der Waals surface area contributed by atoms with Crippen molar-refractivity contribution in [2.75, 3.05) is 7.11 Å². The van der Waals surface area contributed by atoms with E-state index in [1.807, 2.05) is 55.8 Å². The number of para-hydroxylation sites is 2. The average Bonchev–Trinajstić information content (AvgIpc) is 3.22. The number of rotatable bonds is 1. The Kier molecular flexibility index (Phi) is 3.21. The average molecular weight is 373 g/mol. The zero-order valence-corrected chi connectivity index (χ0v) is 16.1.